The Morgan fingerprint density at radius 3 is 2.58 bits per heavy atom. The normalized spacial score (nSPS) is 17.7. The number of imidazole rings is 1. The molecule has 0 bridgehead atoms. The molecule has 2 N–H and O–H groups in total. The summed E-state index contributed by atoms with van der Waals surface area (Å²) in [6.07, 6.45) is 2.17. The highest BCUT2D eigenvalue weighted by Gasteiger charge is 2.45. The predicted octanol–water partition coefficient (Wildman–Crippen LogP) is 3.40. The molecule has 3 aromatic rings. The number of rotatable bonds is 3. The molecule has 0 radical (unpaired) electrons. The van der Waals surface area contributed by atoms with Gasteiger partial charge in [-0.1, -0.05) is 0 Å². The molecule has 1 saturated heterocycles. The molecule has 1 aliphatic carbocycles. The molecule has 172 valence electrons. The summed E-state index contributed by atoms with van der Waals surface area (Å²) in [6.45, 7) is 6.72. The third kappa shape index (κ3) is 3.51. The van der Waals surface area contributed by atoms with E-state index in [1.165, 1.54) is 0 Å². The summed E-state index contributed by atoms with van der Waals surface area (Å²) in [5.41, 5.74) is 2.90. The number of likely N-dealkylation sites (tertiary alicyclic amines) is 1. The third-order valence-corrected chi connectivity index (χ3v) is 7.01. The number of hydrogen-bond donors (Lipinski definition) is 2. The van der Waals surface area contributed by atoms with E-state index in [9.17, 15) is 19.5 Å². The SMILES string of the molecule is Cc1nc2ccc(C(=O)N3CCC4(CC3)CC(=O)c3c(c(C(=O)O)nn3C(C)C)C4)cc2[nH]1. The second-order valence-corrected chi connectivity index (χ2v) is 9.64. The summed E-state index contributed by atoms with van der Waals surface area (Å²) in [7, 11) is 0. The minimum Gasteiger partial charge on any atom is -0.476 e. The molecule has 0 saturated carbocycles. The van der Waals surface area contributed by atoms with Crippen molar-refractivity contribution in [3.05, 3.63) is 46.5 Å². The first-order chi connectivity index (χ1) is 15.7. The summed E-state index contributed by atoms with van der Waals surface area (Å²) in [5.74, 6) is -0.393. The van der Waals surface area contributed by atoms with E-state index in [1.807, 2.05) is 37.8 Å². The lowest BCUT2D eigenvalue weighted by molar-refractivity contribution is 0.0516. The van der Waals surface area contributed by atoms with E-state index in [2.05, 4.69) is 15.1 Å². The van der Waals surface area contributed by atoms with Crippen LogP contribution < -0.4 is 0 Å². The quantitative estimate of drug-likeness (QED) is 0.632. The highest BCUT2D eigenvalue weighted by Crippen LogP contribution is 2.45. The second-order valence-electron chi connectivity index (χ2n) is 9.64. The van der Waals surface area contributed by atoms with Gasteiger partial charge in [-0.15, -0.1) is 0 Å². The van der Waals surface area contributed by atoms with Crippen LogP contribution in [0.5, 0.6) is 0 Å². The first-order valence-electron chi connectivity index (χ1n) is 11.3. The number of carboxylic acid groups (broad SMARTS) is 1. The number of nitrogens with one attached hydrogen (secondary N) is 1. The van der Waals surface area contributed by atoms with Crippen LogP contribution in [-0.4, -0.2) is 60.5 Å². The number of ketones is 1. The monoisotopic (exact) mass is 449 g/mol. The second kappa shape index (κ2) is 7.54. The van der Waals surface area contributed by atoms with E-state index >= 15 is 0 Å². The molecular weight excluding hydrogens is 422 g/mol. The molecule has 9 nitrogen and oxygen atoms in total. The molecule has 3 heterocycles. The number of aryl methyl sites for hydroxylation is 1. The first kappa shape index (κ1) is 21.4. The van der Waals surface area contributed by atoms with Gasteiger partial charge in [-0.3, -0.25) is 14.3 Å². The van der Waals surface area contributed by atoms with E-state index in [1.54, 1.807) is 10.7 Å². The number of nitrogens with zero attached hydrogens (tertiary/aromatic N) is 4. The van der Waals surface area contributed by atoms with Gasteiger partial charge < -0.3 is 15.0 Å². The number of Topliss-reactive ketones (excluding diaryl/α,β-unsaturated/α-hetero) is 1. The average molecular weight is 450 g/mol. The molecule has 1 aliphatic heterocycles. The Labute approximate surface area is 190 Å². The lowest BCUT2D eigenvalue weighted by Gasteiger charge is -2.43. The number of carboxylic acids is 1. The molecular formula is C24H27N5O4. The van der Waals surface area contributed by atoms with Crippen molar-refractivity contribution in [2.24, 2.45) is 5.41 Å². The molecule has 5 rings (SSSR count). The van der Waals surface area contributed by atoms with Gasteiger partial charge in [0.05, 0.1) is 11.0 Å². The lowest BCUT2D eigenvalue weighted by atomic mass is 9.66. The minimum absolute atomic E-state index is 0.0206. The van der Waals surface area contributed by atoms with Gasteiger partial charge in [-0.25, -0.2) is 9.78 Å². The maximum Gasteiger partial charge on any atom is 0.356 e. The number of hydrogen-bond acceptors (Lipinski definition) is 5. The smallest absolute Gasteiger partial charge is 0.356 e. The van der Waals surface area contributed by atoms with E-state index in [0.717, 1.165) is 16.9 Å². The van der Waals surface area contributed by atoms with E-state index in [-0.39, 0.29) is 28.8 Å². The van der Waals surface area contributed by atoms with Crippen LogP contribution in [0.2, 0.25) is 0 Å². The van der Waals surface area contributed by atoms with Gasteiger partial charge in [0, 0.05) is 36.7 Å². The molecule has 9 heteroatoms. The van der Waals surface area contributed by atoms with Crippen molar-refractivity contribution in [2.45, 2.75) is 52.5 Å². The van der Waals surface area contributed by atoms with Gasteiger partial charge in [-0.05, 0) is 63.6 Å². The fourth-order valence-corrected chi connectivity index (χ4v) is 5.33. The van der Waals surface area contributed by atoms with Crippen LogP contribution in [0.15, 0.2) is 18.2 Å². The number of H-pyrrole nitrogens is 1. The number of amides is 1. The van der Waals surface area contributed by atoms with Crippen LogP contribution in [-0.2, 0) is 6.42 Å². The summed E-state index contributed by atoms with van der Waals surface area (Å²) < 4.78 is 1.56. The Morgan fingerprint density at radius 2 is 1.91 bits per heavy atom. The summed E-state index contributed by atoms with van der Waals surface area (Å²) in [5, 5.41) is 13.9. The van der Waals surface area contributed by atoms with Crippen molar-refractivity contribution in [3.63, 3.8) is 0 Å². The van der Waals surface area contributed by atoms with Crippen molar-refractivity contribution in [1.29, 1.82) is 0 Å². The molecule has 0 atom stereocenters. The van der Waals surface area contributed by atoms with E-state index in [4.69, 9.17) is 0 Å². The molecule has 1 fully saturated rings. The summed E-state index contributed by atoms with van der Waals surface area (Å²) >= 11 is 0. The zero-order chi connectivity index (χ0) is 23.5. The topological polar surface area (TPSA) is 121 Å². The van der Waals surface area contributed by atoms with Crippen molar-refractivity contribution in [3.8, 4) is 0 Å². The third-order valence-electron chi connectivity index (χ3n) is 7.01. The Hall–Kier alpha value is -3.49. The summed E-state index contributed by atoms with van der Waals surface area (Å²) in [6, 6.07) is 5.38. The first-order valence-corrected chi connectivity index (χ1v) is 11.3. The van der Waals surface area contributed by atoms with Crippen molar-refractivity contribution in [2.75, 3.05) is 13.1 Å². The maximum atomic E-state index is 13.1. The number of aromatic nitrogens is 4. The zero-order valence-corrected chi connectivity index (χ0v) is 19.0. The predicted molar refractivity (Wildman–Crippen MR) is 121 cm³/mol. The largest absolute Gasteiger partial charge is 0.476 e. The molecule has 1 spiro atoms. The number of aromatic carboxylic acids is 1. The molecule has 1 amide bonds. The van der Waals surface area contributed by atoms with Crippen molar-refractivity contribution < 1.29 is 19.5 Å². The van der Waals surface area contributed by atoms with Crippen molar-refractivity contribution in [1.82, 2.24) is 24.6 Å². The number of aromatic amines is 1. The Bertz CT molecular complexity index is 1290. The van der Waals surface area contributed by atoms with Gasteiger partial charge in [0.15, 0.2) is 11.5 Å². The molecule has 1 aromatic carbocycles. The Balaban J connectivity index is 1.37. The maximum absolute atomic E-state index is 13.1. The van der Waals surface area contributed by atoms with E-state index < -0.39 is 5.97 Å². The Kier molecular flexibility index (Phi) is 4.88. The fraction of sp³-hybridized carbons (Fsp3) is 0.458. The zero-order valence-electron chi connectivity index (χ0n) is 19.0. The highest BCUT2D eigenvalue weighted by atomic mass is 16.4. The van der Waals surface area contributed by atoms with Crippen molar-refractivity contribution >= 4 is 28.7 Å². The van der Waals surface area contributed by atoms with Gasteiger partial charge in [-0.2, -0.15) is 5.10 Å². The lowest BCUT2D eigenvalue weighted by Crippen LogP contribution is -2.46. The van der Waals surface area contributed by atoms with Crippen LogP contribution >= 0.6 is 0 Å². The van der Waals surface area contributed by atoms with Crippen LogP contribution in [0.4, 0.5) is 0 Å². The van der Waals surface area contributed by atoms with Gasteiger partial charge in [0.2, 0.25) is 0 Å². The summed E-state index contributed by atoms with van der Waals surface area (Å²) in [4.78, 5) is 47.5. The number of carbonyl (C=O) groups excluding carboxylic acids is 2. The van der Waals surface area contributed by atoms with Crippen LogP contribution in [0.25, 0.3) is 11.0 Å². The van der Waals surface area contributed by atoms with Gasteiger partial charge in [0.1, 0.15) is 11.5 Å². The molecule has 2 aromatic heterocycles. The van der Waals surface area contributed by atoms with Crippen LogP contribution in [0.1, 0.15) is 81.9 Å². The van der Waals surface area contributed by atoms with Crippen LogP contribution in [0.3, 0.4) is 0 Å². The average Bonchev–Trinajstić information content (AvgIpc) is 3.33. The van der Waals surface area contributed by atoms with Gasteiger partial charge >= 0.3 is 5.97 Å². The number of carbonyl (C=O) groups is 3. The minimum atomic E-state index is -1.10. The number of piperidine rings is 1. The standard InChI is InChI=1S/C24H27N5O4/c1-13(2)29-21-16(20(27-29)23(32)33)11-24(12-19(21)30)6-8-28(9-7-24)22(31)15-4-5-17-18(10-15)26-14(3)25-17/h4-5,10,13H,6-9,11-12H2,1-3H3,(H,25,26)(H,32,33). The molecule has 2 aliphatic rings. The fourth-order valence-electron chi connectivity index (χ4n) is 5.33. The molecule has 0 unspecified atom stereocenters. The van der Waals surface area contributed by atoms with Crippen LogP contribution in [0, 0.1) is 12.3 Å². The molecule has 33 heavy (non-hydrogen) atoms. The van der Waals surface area contributed by atoms with Gasteiger partial charge in [0.25, 0.3) is 5.91 Å². The van der Waals surface area contributed by atoms with E-state index in [0.29, 0.717) is 55.6 Å². The number of fused-ring (bicyclic) bond motifs is 2. The highest BCUT2D eigenvalue weighted by molar-refractivity contribution is 6.01. The Morgan fingerprint density at radius 1 is 1.18 bits per heavy atom. The number of benzene rings is 1.